The average molecular weight is 441 g/mol. The van der Waals surface area contributed by atoms with Crippen LogP contribution in [-0.2, 0) is 4.79 Å². The molecule has 0 fully saturated rings. The van der Waals surface area contributed by atoms with Crippen LogP contribution in [0.4, 0.5) is 5.69 Å². The zero-order valence-corrected chi connectivity index (χ0v) is 16.5. The van der Waals surface area contributed by atoms with Gasteiger partial charge in [-0.25, -0.2) is 0 Å². The van der Waals surface area contributed by atoms with Gasteiger partial charge in [-0.2, -0.15) is 0 Å². The zero-order valence-electron chi connectivity index (χ0n) is 16.5. The Morgan fingerprint density at radius 2 is 1.84 bits per heavy atom. The molecular formula is C20H15N3O9. The van der Waals surface area contributed by atoms with Gasteiger partial charge >= 0.3 is 5.97 Å². The van der Waals surface area contributed by atoms with Crippen LogP contribution in [0.25, 0.3) is 6.08 Å². The van der Waals surface area contributed by atoms with Crippen molar-refractivity contribution >= 4 is 29.5 Å². The Balaban J connectivity index is 1.68. The Morgan fingerprint density at radius 3 is 2.50 bits per heavy atom. The van der Waals surface area contributed by atoms with E-state index in [9.17, 15) is 34.6 Å². The molecule has 0 aromatic heterocycles. The van der Waals surface area contributed by atoms with E-state index >= 15 is 0 Å². The molecule has 0 aliphatic carbocycles. The number of carbonyl (C=O) groups is 3. The second kappa shape index (κ2) is 9.04. The maximum absolute atomic E-state index is 12.5. The van der Waals surface area contributed by atoms with Gasteiger partial charge in [-0.1, -0.05) is 12.1 Å². The molecule has 1 aliphatic rings. The number of nitro benzene ring substituents is 1. The fourth-order valence-corrected chi connectivity index (χ4v) is 3.07. The van der Waals surface area contributed by atoms with E-state index in [1.807, 2.05) is 0 Å². The number of benzene rings is 2. The van der Waals surface area contributed by atoms with Gasteiger partial charge in [0.25, 0.3) is 17.5 Å². The van der Waals surface area contributed by atoms with Gasteiger partial charge in [0.1, 0.15) is 5.56 Å². The molecule has 3 rings (SSSR count). The van der Waals surface area contributed by atoms with E-state index in [2.05, 4.69) is 0 Å². The number of carbonyl (C=O) groups excluding carboxylic acids is 3. The summed E-state index contributed by atoms with van der Waals surface area (Å²) in [6, 6.07) is 8.00. The molecule has 0 saturated carbocycles. The van der Waals surface area contributed by atoms with E-state index in [4.69, 9.17) is 9.47 Å². The van der Waals surface area contributed by atoms with Gasteiger partial charge in [-0.3, -0.25) is 39.5 Å². The Kier molecular flexibility index (Phi) is 6.24. The number of nitrogens with zero attached hydrogens (tertiary/aromatic N) is 3. The Morgan fingerprint density at radius 1 is 1.09 bits per heavy atom. The number of amides is 2. The largest absolute Gasteiger partial charge is 0.493 e. The van der Waals surface area contributed by atoms with Crippen LogP contribution >= 0.6 is 0 Å². The van der Waals surface area contributed by atoms with Gasteiger partial charge in [0.05, 0.1) is 28.9 Å². The van der Waals surface area contributed by atoms with Gasteiger partial charge in [-0.15, -0.1) is 0 Å². The number of rotatable bonds is 8. The van der Waals surface area contributed by atoms with Crippen LogP contribution in [-0.4, -0.2) is 46.2 Å². The molecule has 0 atom stereocenters. The highest BCUT2D eigenvalue weighted by Gasteiger charge is 2.40. The third-order valence-electron chi connectivity index (χ3n) is 4.51. The van der Waals surface area contributed by atoms with Crippen LogP contribution in [0.5, 0.6) is 11.5 Å². The van der Waals surface area contributed by atoms with Crippen molar-refractivity contribution in [2.75, 3.05) is 13.7 Å². The lowest BCUT2D eigenvalue weighted by molar-refractivity contribution is -0.400. The van der Waals surface area contributed by atoms with E-state index in [0.29, 0.717) is 5.56 Å². The van der Waals surface area contributed by atoms with Crippen LogP contribution < -0.4 is 9.47 Å². The molecule has 0 radical (unpaired) electrons. The average Bonchev–Trinajstić information content (AvgIpc) is 3.01. The van der Waals surface area contributed by atoms with Crippen LogP contribution in [0, 0.1) is 20.2 Å². The highest BCUT2D eigenvalue weighted by Crippen LogP contribution is 2.31. The van der Waals surface area contributed by atoms with Gasteiger partial charge < -0.3 is 9.47 Å². The first-order chi connectivity index (χ1) is 15.2. The molecule has 0 saturated heterocycles. The van der Waals surface area contributed by atoms with Crippen LogP contribution in [0.15, 0.2) is 42.6 Å². The summed E-state index contributed by atoms with van der Waals surface area (Å²) in [5.74, 6) is -2.21. The standard InChI is InChI=1S/C20H15N3O9/c1-31-16-11-12(7-10-22(27)28)5-6-15(16)32-17(24)8-9-21-19(25)13-3-2-4-14(23(29)30)18(13)20(21)26/h2-7,10-11H,8-9H2,1H3/b10-7+. The first kappa shape index (κ1) is 22.1. The summed E-state index contributed by atoms with van der Waals surface area (Å²) in [7, 11) is 1.32. The van der Waals surface area contributed by atoms with Crippen molar-refractivity contribution in [3.8, 4) is 11.5 Å². The van der Waals surface area contributed by atoms with Crippen molar-refractivity contribution < 1.29 is 33.7 Å². The molecule has 0 unspecified atom stereocenters. The maximum atomic E-state index is 12.5. The Bertz CT molecular complexity index is 1170. The highest BCUT2D eigenvalue weighted by atomic mass is 16.6. The molecule has 2 aromatic rings. The van der Waals surface area contributed by atoms with E-state index < -0.39 is 33.3 Å². The molecule has 1 heterocycles. The lowest BCUT2D eigenvalue weighted by Crippen LogP contribution is -2.32. The molecule has 164 valence electrons. The molecule has 0 N–H and O–H groups in total. The monoisotopic (exact) mass is 441 g/mol. The highest BCUT2D eigenvalue weighted by molar-refractivity contribution is 6.23. The minimum absolute atomic E-state index is 0.0359. The number of esters is 1. The molecule has 0 spiro atoms. The number of methoxy groups -OCH3 is 1. The summed E-state index contributed by atoms with van der Waals surface area (Å²) >= 11 is 0. The van der Waals surface area contributed by atoms with Crippen molar-refractivity contribution in [1.29, 1.82) is 0 Å². The van der Waals surface area contributed by atoms with Gasteiger partial charge in [0.2, 0.25) is 6.20 Å². The summed E-state index contributed by atoms with van der Waals surface area (Å²) in [5, 5.41) is 21.6. The number of hydrogen-bond donors (Lipinski definition) is 0. The molecule has 32 heavy (non-hydrogen) atoms. The fraction of sp³-hybridized carbons (Fsp3) is 0.150. The molecular weight excluding hydrogens is 426 g/mol. The summed E-state index contributed by atoms with van der Waals surface area (Å²) < 4.78 is 10.3. The molecule has 1 aliphatic heterocycles. The molecule has 12 nitrogen and oxygen atoms in total. The lowest BCUT2D eigenvalue weighted by Gasteiger charge is -2.14. The van der Waals surface area contributed by atoms with Crippen LogP contribution in [0.3, 0.4) is 0 Å². The summed E-state index contributed by atoms with van der Waals surface area (Å²) in [4.78, 5) is 58.2. The van der Waals surface area contributed by atoms with Gasteiger partial charge in [0, 0.05) is 18.7 Å². The first-order valence-electron chi connectivity index (χ1n) is 9.07. The smallest absolute Gasteiger partial charge is 0.313 e. The van der Waals surface area contributed by atoms with Crippen LogP contribution in [0.2, 0.25) is 0 Å². The SMILES string of the molecule is COc1cc(/C=C/[N+](=O)[O-])ccc1OC(=O)CCN1C(=O)c2cccc([N+](=O)[O-])c2C1=O. The third-order valence-corrected chi connectivity index (χ3v) is 4.51. The molecule has 0 bridgehead atoms. The van der Waals surface area contributed by atoms with Crippen molar-refractivity contribution in [2.45, 2.75) is 6.42 Å². The number of imide groups is 1. The van der Waals surface area contributed by atoms with Crippen molar-refractivity contribution in [1.82, 2.24) is 4.90 Å². The maximum Gasteiger partial charge on any atom is 0.313 e. The van der Waals surface area contributed by atoms with E-state index in [1.165, 1.54) is 43.5 Å². The second-order valence-electron chi connectivity index (χ2n) is 6.45. The minimum atomic E-state index is -0.857. The van der Waals surface area contributed by atoms with Crippen molar-refractivity contribution in [2.24, 2.45) is 0 Å². The van der Waals surface area contributed by atoms with Gasteiger partial charge in [-0.05, 0) is 23.8 Å². The van der Waals surface area contributed by atoms with Gasteiger partial charge in [0.15, 0.2) is 11.5 Å². The van der Waals surface area contributed by atoms with E-state index in [0.717, 1.165) is 17.2 Å². The third kappa shape index (κ3) is 4.43. The zero-order chi connectivity index (χ0) is 23.4. The molecule has 2 amide bonds. The van der Waals surface area contributed by atoms with Crippen molar-refractivity contribution in [3.63, 3.8) is 0 Å². The second-order valence-corrected chi connectivity index (χ2v) is 6.45. The predicted molar refractivity (Wildman–Crippen MR) is 108 cm³/mol. The Hall–Kier alpha value is -4.61. The summed E-state index contributed by atoms with van der Waals surface area (Å²) in [5.41, 5.74) is -0.457. The van der Waals surface area contributed by atoms with Crippen LogP contribution in [0.1, 0.15) is 32.7 Å². The normalized spacial score (nSPS) is 12.7. The molecule has 2 aromatic carbocycles. The minimum Gasteiger partial charge on any atom is -0.493 e. The van der Waals surface area contributed by atoms with Crippen molar-refractivity contribution in [3.05, 3.63) is 79.5 Å². The Labute approximate surface area is 179 Å². The lowest BCUT2D eigenvalue weighted by atomic mass is 10.1. The van der Waals surface area contributed by atoms with E-state index in [1.54, 1.807) is 0 Å². The number of hydrogen-bond acceptors (Lipinski definition) is 9. The fourth-order valence-electron chi connectivity index (χ4n) is 3.07. The number of nitro groups is 2. The predicted octanol–water partition coefficient (Wildman–Crippen LogP) is 2.44. The topological polar surface area (TPSA) is 159 Å². The number of fused-ring (bicyclic) bond motifs is 1. The summed E-state index contributed by atoms with van der Waals surface area (Å²) in [6.07, 6.45) is 1.61. The number of ether oxygens (including phenoxy) is 2. The first-order valence-corrected chi connectivity index (χ1v) is 9.07. The van der Waals surface area contributed by atoms with E-state index in [-0.39, 0.29) is 35.6 Å². The quantitative estimate of drug-likeness (QED) is 0.197. The summed E-state index contributed by atoms with van der Waals surface area (Å²) in [6.45, 7) is -0.339. The molecule has 12 heteroatoms.